The van der Waals surface area contributed by atoms with Crippen molar-refractivity contribution >= 4 is 5.91 Å². The quantitative estimate of drug-likeness (QED) is 0.776. The van der Waals surface area contributed by atoms with E-state index in [9.17, 15) is 4.79 Å². The van der Waals surface area contributed by atoms with Crippen LogP contribution < -0.4 is 5.32 Å². The first-order chi connectivity index (χ1) is 9.66. The van der Waals surface area contributed by atoms with Crippen molar-refractivity contribution in [3.8, 4) is 0 Å². The molecule has 2 rings (SSSR count). The molecule has 3 heteroatoms. The smallest absolute Gasteiger partial charge is 0.236 e. The third-order valence-electron chi connectivity index (χ3n) is 4.93. The van der Waals surface area contributed by atoms with Crippen LogP contribution in [0.1, 0.15) is 71.6 Å². The molecule has 0 aromatic rings. The molecular weight excluding hydrogens is 248 g/mol. The van der Waals surface area contributed by atoms with E-state index in [-0.39, 0.29) is 0 Å². The van der Waals surface area contributed by atoms with Gasteiger partial charge in [-0.2, -0.15) is 0 Å². The van der Waals surface area contributed by atoms with Crippen molar-refractivity contribution in [3.63, 3.8) is 0 Å². The summed E-state index contributed by atoms with van der Waals surface area (Å²) in [5.41, 5.74) is 0. The Hall–Kier alpha value is -0.570. The molecule has 0 heterocycles. The number of nitrogens with zero attached hydrogens (tertiary/aromatic N) is 1. The van der Waals surface area contributed by atoms with Crippen molar-refractivity contribution in [2.75, 3.05) is 13.1 Å². The Labute approximate surface area is 124 Å². The van der Waals surface area contributed by atoms with Gasteiger partial charge in [-0.3, -0.25) is 4.79 Å². The van der Waals surface area contributed by atoms with Gasteiger partial charge in [0.05, 0.1) is 6.54 Å². The summed E-state index contributed by atoms with van der Waals surface area (Å²) in [5, 5.41) is 3.48. The van der Waals surface area contributed by atoms with Crippen LogP contribution in [0.3, 0.4) is 0 Å². The molecule has 0 radical (unpaired) electrons. The highest BCUT2D eigenvalue weighted by Gasteiger charge is 2.27. The van der Waals surface area contributed by atoms with Gasteiger partial charge in [0, 0.05) is 18.6 Å². The summed E-state index contributed by atoms with van der Waals surface area (Å²) >= 11 is 0. The van der Waals surface area contributed by atoms with Crippen molar-refractivity contribution in [2.45, 2.75) is 83.7 Å². The minimum Gasteiger partial charge on any atom is -0.339 e. The van der Waals surface area contributed by atoms with Crippen molar-refractivity contribution in [1.82, 2.24) is 10.2 Å². The summed E-state index contributed by atoms with van der Waals surface area (Å²) in [4.78, 5) is 14.8. The van der Waals surface area contributed by atoms with Gasteiger partial charge >= 0.3 is 0 Å². The Balaban J connectivity index is 1.81. The SMILES string of the molecule is CC(C)CCN(C(=O)CNC1CCCC1)C1CCCC1. The second-order valence-corrected chi connectivity index (χ2v) is 7.07. The first-order valence-electron chi connectivity index (χ1n) is 8.69. The molecule has 3 nitrogen and oxygen atoms in total. The monoisotopic (exact) mass is 280 g/mol. The lowest BCUT2D eigenvalue weighted by molar-refractivity contribution is -0.132. The Morgan fingerprint density at radius 3 is 2.30 bits per heavy atom. The number of carbonyl (C=O) groups is 1. The fourth-order valence-electron chi connectivity index (χ4n) is 3.59. The molecule has 0 aromatic carbocycles. The Morgan fingerprint density at radius 2 is 1.70 bits per heavy atom. The summed E-state index contributed by atoms with van der Waals surface area (Å²) in [6, 6.07) is 1.11. The van der Waals surface area contributed by atoms with Crippen LogP contribution in [-0.4, -0.2) is 36.0 Å². The standard InChI is InChI=1S/C17H32N2O/c1-14(2)11-12-19(16-9-5-6-10-16)17(20)13-18-15-7-3-4-8-15/h14-16,18H,3-13H2,1-2H3. The number of hydrogen-bond donors (Lipinski definition) is 1. The predicted octanol–water partition coefficient (Wildman–Crippen LogP) is 3.34. The minimum absolute atomic E-state index is 0.337. The first-order valence-corrected chi connectivity index (χ1v) is 8.69. The van der Waals surface area contributed by atoms with E-state index < -0.39 is 0 Å². The molecule has 0 spiro atoms. The van der Waals surface area contributed by atoms with E-state index in [1.54, 1.807) is 0 Å². The number of carbonyl (C=O) groups excluding carboxylic acids is 1. The Morgan fingerprint density at radius 1 is 1.10 bits per heavy atom. The van der Waals surface area contributed by atoms with Gasteiger partial charge in [0.25, 0.3) is 0 Å². The third-order valence-corrected chi connectivity index (χ3v) is 4.93. The lowest BCUT2D eigenvalue weighted by Gasteiger charge is -2.30. The van der Waals surface area contributed by atoms with Crippen molar-refractivity contribution in [2.24, 2.45) is 5.92 Å². The minimum atomic E-state index is 0.337. The molecule has 0 bridgehead atoms. The summed E-state index contributed by atoms with van der Waals surface area (Å²) in [6.45, 7) is 5.99. The molecule has 0 atom stereocenters. The maximum Gasteiger partial charge on any atom is 0.236 e. The Kier molecular flexibility index (Phi) is 6.34. The number of nitrogens with one attached hydrogen (secondary N) is 1. The lowest BCUT2D eigenvalue weighted by Crippen LogP contribution is -2.45. The van der Waals surface area contributed by atoms with Crippen LogP contribution in [0.4, 0.5) is 0 Å². The zero-order valence-corrected chi connectivity index (χ0v) is 13.4. The van der Waals surface area contributed by atoms with E-state index in [4.69, 9.17) is 0 Å². The summed E-state index contributed by atoms with van der Waals surface area (Å²) in [5.74, 6) is 1.01. The van der Waals surface area contributed by atoms with E-state index in [1.165, 1.54) is 51.4 Å². The predicted molar refractivity (Wildman–Crippen MR) is 83.7 cm³/mol. The van der Waals surface area contributed by atoms with Crippen LogP contribution in [0.2, 0.25) is 0 Å². The maximum atomic E-state index is 12.6. The van der Waals surface area contributed by atoms with Crippen molar-refractivity contribution in [1.29, 1.82) is 0 Å². The Bertz CT molecular complexity index is 291. The number of amides is 1. The molecule has 2 saturated carbocycles. The highest BCUT2D eigenvalue weighted by atomic mass is 16.2. The fourth-order valence-corrected chi connectivity index (χ4v) is 3.59. The van der Waals surface area contributed by atoms with Crippen molar-refractivity contribution in [3.05, 3.63) is 0 Å². The van der Waals surface area contributed by atoms with Crippen LogP contribution in [0.25, 0.3) is 0 Å². The molecule has 1 amide bonds. The van der Waals surface area contributed by atoms with Crippen LogP contribution in [0.5, 0.6) is 0 Å². The van der Waals surface area contributed by atoms with E-state index in [0.29, 0.717) is 30.5 Å². The zero-order chi connectivity index (χ0) is 14.4. The second-order valence-electron chi connectivity index (χ2n) is 7.07. The summed E-state index contributed by atoms with van der Waals surface area (Å²) in [7, 11) is 0. The van der Waals surface area contributed by atoms with Crippen LogP contribution in [-0.2, 0) is 4.79 Å². The van der Waals surface area contributed by atoms with Crippen molar-refractivity contribution < 1.29 is 4.79 Å². The molecule has 1 N–H and O–H groups in total. The van der Waals surface area contributed by atoms with Gasteiger partial charge < -0.3 is 10.2 Å². The van der Waals surface area contributed by atoms with E-state index >= 15 is 0 Å². The average molecular weight is 280 g/mol. The van der Waals surface area contributed by atoms with E-state index in [1.807, 2.05) is 0 Å². The molecule has 20 heavy (non-hydrogen) atoms. The molecule has 0 unspecified atom stereocenters. The number of hydrogen-bond acceptors (Lipinski definition) is 2. The molecule has 0 saturated heterocycles. The van der Waals surface area contributed by atoms with E-state index in [0.717, 1.165) is 13.0 Å². The highest BCUT2D eigenvalue weighted by Crippen LogP contribution is 2.24. The van der Waals surface area contributed by atoms with Gasteiger partial charge in [-0.1, -0.05) is 39.5 Å². The molecule has 2 aliphatic carbocycles. The molecule has 0 aromatic heterocycles. The summed E-state index contributed by atoms with van der Waals surface area (Å²) in [6.07, 6.45) is 11.3. The average Bonchev–Trinajstić information content (AvgIpc) is 3.09. The summed E-state index contributed by atoms with van der Waals surface area (Å²) < 4.78 is 0. The first kappa shape index (κ1) is 15.8. The topological polar surface area (TPSA) is 32.3 Å². The number of rotatable bonds is 7. The largest absolute Gasteiger partial charge is 0.339 e. The van der Waals surface area contributed by atoms with Gasteiger partial charge in [0.2, 0.25) is 5.91 Å². The van der Waals surface area contributed by atoms with Crippen LogP contribution in [0, 0.1) is 5.92 Å². The van der Waals surface area contributed by atoms with Crippen LogP contribution in [0.15, 0.2) is 0 Å². The molecule has 2 fully saturated rings. The van der Waals surface area contributed by atoms with Gasteiger partial charge in [0.15, 0.2) is 0 Å². The zero-order valence-electron chi connectivity index (χ0n) is 13.4. The van der Waals surface area contributed by atoms with Gasteiger partial charge in [-0.25, -0.2) is 0 Å². The molecule has 0 aliphatic heterocycles. The lowest BCUT2D eigenvalue weighted by atomic mass is 10.1. The van der Waals surface area contributed by atoms with Gasteiger partial charge in [-0.05, 0) is 38.0 Å². The third kappa shape index (κ3) is 4.76. The fraction of sp³-hybridized carbons (Fsp3) is 0.941. The molecule has 116 valence electrons. The van der Waals surface area contributed by atoms with Gasteiger partial charge in [0.1, 0.15) is 0 Å². The molecular formula is C17H32N2O. The maximum absolute atomic E-state index is 12.6. The normalized spacial score (nSPS) is 20.9. The van der Waals surface area contributed by atoms with Crippen LogP contribution >= 0.6 is 0 Å². The highest BCUT2D eigenvalue weighted by molar-refractivity contribution is 5.78. The van der Waals surface area contributed by atoms with E-state index in [2.05, 4.69) is 24.1 Å². The molecule has 2 aliphatic rings. The second kappa shape index (κ2) is 8.02. The van der Waals surface area contributed by atoms with Gasteiger partial charge in [-0.15, -0.1) is 0 Å².